The molecule has 23 nitrogen and oxygen atoms in total. The number of phosphoric acid groups is 2. The average molecular weight is 687 g/mol. The van der Waals surface area contributed by atoms with Crippen LogP contribution in [0.1, 0.15) is 19.4 Å². The number of anilines is 2. The van der Waals surface area contributed by atoms with Crippen molar-refractivity contribution in [3.8, 4) is 0 Å². The van der Waals surface area contributed by atoms with Crippen molar-refractivity contribution in [2.45, 2.75) is 55.5 Å². The van der Waals surface area contributed by atoms with E-state index in [0.29, 0.717) is 0 Å². The van der Waals surface area contributed by atoms with Crippen LogP contribution in [0, 0.1) is 0 Å². The van der Waals surface area contributed by atoms with Crippen LogP contribution in [0.5, 0.6) is 0 Å². The third kappa shape index (κ3) is 5.19. The molecule has 8 N–H and O–H groups in total. The molecule has 4 aromatic heterocycles. The molecule has 10 unspecified atom stereocenters. The molecule has 3 fully saturated rings. The van der Waals surface area contributed by atoms with Gasteiger partial charge in [0.15, 0.2) is 35.1 Å². The molecule has 3 saturated heterocycles. The van der Waals surface area contributed by atoms with Crippen LogP contribution in [0.15, 0.2) is 23.8 Å². The van der Waals surface area contributed by atoms with E-state index in [1.807, 2.05) is 0 Å². The molecule has 4 aromatic rings. The van der Waals surface area contributed by atoms with Gasteiger partial charge < -0.3 is 50.0 Å². The Morgan fingerprint density at radius 2 is 1.74 bits per heavy atom. The van der Waals surface area contributed by atoms with E-state index in [2.05, 4.69) is 29.9 Å². The van der Waals surface area contributed by atoms with Gasteiger partial charge in [-0.1, -0.05) is 0 Å². The first-order valence-corrected chi connectivity index (χ1v) is 16.3. The highest BCUT2D eigenvalue weighted by atomic mass is 31.2. The molecule has 46 heavy (non-hydrogen) atoms. The Bertz CT molecular complexity index is 1990. The first-order valence-electron chi connectivity index (χ1n) is 13.3. The Morgan fingerprint density at radius 1 is 1.02 bits per heavy atom. The van der Waals surface area contributed by atoms with Gasteiger partial charge in [0.05, 0.1) is 25.9 Å². The van der Waals surface area contributed by atoms with Gasteiger partial charge in [0.1, 0.15) is 48.0 Å². The molecule has 0 spiro atoms. The third-order valence-corrected chi connectivity index (χ3v) is 9.62. The number of nitrogen functional groups attached to an aromatic ring is 2. The number of H-pyrrole nitrogens is 1. The van der Waals surface area contributed by atoms with Crippen LogP contribution in [0.4, 0.5) is 11.8 Å². The number of aromatic nitrogens is 8. The van der Waals surface area contributed by atoms with Crippen LogP contribution < -0.4 is 21.9 Å². The maximum absolute atomic E-state index is 13.2. The highest BCUT2D eigenvalue weighted by Crippen LogP contribution is 2.54. The molecule has 0 saturated carbocycles. The van der Waals surface area contributed by atoms with Crippen LogP contribution in [0.25, 0.3) is 22.3 Å². The number of ether oxygens (including phenoxy) is 2. The number of aliphatic hydroxyl groups excluding tert-OH is 2. The summed E-state index contributed by atoms with van der Waals surface area (Å²) in [6.45, 7) is -0.527. The number of imidazole rings is 2. The van der Waals surface area contributed by atoms with Crippen molar-refractivity contribution in [2.75, 3.05) is 24.7 Å². The lowest BCUT2D eigenvalue weighted by atomic mass is 9.99. The molecule has 3 aliphatic rings. The summed E-state index contributed by atoms with van der Waals surface area (Å²) in [5, 5.41) is 22.3. The summed E-state index contributed by atoms with van der Waals surface area (Å²) >= 11 is 0. The summed E-state index contributed by atoms with van der Waals surface area (Å²) in [5.41, 5.74) is 8.76. The molecule has 10 atom stereocenters. The van der Waals surface area contributed by atoms with Crippen molar-refractivity contribution in [3.05, 3.63) is 29.3 Å². The Morgan fingerprint density at radius 3 is 2.50 bits per heavy atom. The highest BCUT2D eigenvalue weighted by molar-refractivity contribution is 7.47. The maximum atomic E-state index is 13.2. The predicted octanol–water partition coefficient (Wildman–Crippen LogP) is -2.58. The second-order valence-electron chi connectivity index (χ2n) is 10.8. The molecule has 2 bridgehead atoms. The lowest BCUT2D eigenvalue weighted by molar-refractivity contribution is -0.240. The minimum Gasteiger partial charge on any atom is -0.756 e. The average Bonchev–Trinajstić information content (AvgIpc) is 3.73. The number of hydrogen-bond donors (Lipinski definition) is 6. The fourth-order valence-corrected chi connectivity index (χ4v) is 7.58. The minimum atomic E-state index is -5.41. The lowest BCUT2D eigenvalue weighted by Gasteiger charge is -2.35. The van der Waals surface area contributed by atoms with Crippen LogP contribution in [0.3, 0.4) is 0 Å². The van der Waals surface area contributed by atoms with Gasteiger partial charge in [0.25, 0.3) is 13.4 Å². The number of phosphoric ester groups is 2. The number of rotatable bonds is 2. The van der Waals surface area contributed by atoms with Crippen LogP contribution in [-0.4, -0.2) is 103 Å². The SMILES string of the molecule is CC12COP(=O)([O-])OC3C(O)C(COP(=O)(O)OC1C(O)C(n1cnc4c(N)ncnc41)O2)OC3n1cnc2c(=O)[nH]c(N)nc21. The highest BCUT2D eigenvalue weighted by Gasteiger charge is 2.58. The lowest BCUT2D eigenvalue weighted by Crippen LogP contribution is -2.46. The van der Waals surface area contributed by atoms with Crippen molar-refractivity contribution in [1.82, 2.24) is 39.0 Å². The van der Waals surface area contributed by atoms with Crippen LogP contribution in [0.2, 0.25) is 0 Å². The molecule has 0 aromatic carbocycles. The zero-order valence-electron chi connectivity index (χ0n) is 23.3. The maximum Gasteiger partial charge on any atom is 0.472 e. The second-order valence-corrected chi connectivity index (χ2v) is 13.6. The van der Waals surface area contributed by atoms with Gasteiger partial charge in [-0.25, -0.2) is 24.5 Å². The Labute approximate surface area is 255 Å². The first kappa shape index (κ1) is 31.2. The van der Waals surface area contributed by atoms with Crippen LogP contribution >= 0.6 is 15.6 Å². The van der Waals surface area contributed by atoms with Crippen molar-refractivity contribution in [1.29, 1.82) is 0 Å². The molecule has 248 valence electrons. The Hall–Kier alpha value is -3.44. The molecular weight excluding hydrogens is 662 g/mol. The fourth-order valence-electron chi connectivity index (χ4n) is 5.54. The largest absolute Gasteiger partial charge is 0.756 e. The minimum absolute atomic E-state index is 0.0226. The van der Waals surface area contributed by atoms with Gasteiger partial charge in [-0.2, -0.15) is 4.98 Å². The smallest absolute Gasteiger partial charge is 0.472 e. The van der Waals surface area contributed by atoms with E-state index in [1.54, 1.807) is 0 Å². The number of fused-ring (bicyclic) bond motifs is 5. The number of aliphatic hydroxyl groups is 2. The van der Waals surface area contributed by atoms with Gasteiger partial charge in [0, 0.05) is 0 Å². The fraction of sp³-hybridized carbons (Fsp3) is 0.524. The zero-order chi connectivity index (χ0) is 32.8. The standard InChI is InChI=1S/C21H26N10O13P2/c1-21-3-40-46(37,38)43-12-10(32)7(41-19(12)31-6-27-9-16(31)28-20(23)29-17(9)34)2-39-45(35,36)44-13(21)11(33)18(42-21)30-5-26-8-14(22)24-4-25-15(8)30/h4-7,10-13,18-19,32-33H,2-3H2,1H3,(H,35,36)(H,37,38)(H2,22,24,25)(H3,23,28,29,34)/p-1. The van der Waals surface area contributed by atoms with Crippen molar-refractivity contribution in [3.63, 3.8) is 0 Å². The second kappa shape index (κ2) is 10.8. The van der Waals surface area contributed by atoms with Gasteiger partial charge in [-0.15, -0.1) is 0 Å². The molecule has 0 radical (unpaired) electrons. The Kier molecular flexibility index (Phi) is 7.32. The third-order valence-electron chi connectivity index (χ3n) is 7.70. The number of hydrogen-bond acceptors (Lipinski definition) is 19. The van der Waals surface area contributed by atoms with Crippen molar-refractivity contribution < 1.29 is 56.7 Å². The van der Waals surface area contributed by atoms with Crippen molar-refractivity contribution >= 4 is 49.7 Å². The van der Waals surface area contributed by atoms with E-state index in [9.17, 15) is 33.9 Å². The monoisotopic (exact) mass is 687 g/mol. The topological polar surface area (TPSA) is 332 Å². The molecule has 3 aliphatic heterocycles. The molecule has 7 heterocycles. The van der Waals surface area contributed by atoms with E-state index in [1.165, 1.54) is 17.8 Å². The zero-order valence-corrected chi connectivity index (χ0v) is 25.1. The van der Waals surface area contributed by atoms with E-state index < -0.39 is 83.0 Å². The first-order chi connectivity index (χ1) is 21.7. The van der Waals surface area contributed by atoms with E-state index in [-0.39, 0.29) is 34.1 Å². The summed E-state index contributed by atoms with van der Waals surface area (Å²) in [5.74, 6) is -0.276. The van der Waals surface area contributed by atoms with Gasteiger partial charge in [0.2, 0.25) is 5.95 Å². The van der Waals surface area contributed by atoms with E-state index >= 15 is 0 Å². The van der Waals surface area contributed by atoms with Gasteiger partial charge >= 0.3 is 7.82 Å². The summed E-state index contributed by atoms with van der Waals surface area (Å²) in [6.07, 6.45) is -8.17. The van der Waals surface area contributed by atoms with Crippen LogP contribution in [-0.2, 0) is 36.7 Å². The molecular formula is C21H25N10O13P2-. The Balaban J connectivity index is 1.23. The van der Waals surface area contributed by atoms with E-state index in [0.717, 1.165) is 17.2 Å². The predicted molar refractivity (Wildman–Crippen MR) is 146 cm³/mol. The number of nitrogens with one attached hydrogen (secondary N) is 1. The summed E-state index contributed by atoms with van der Waals surface area (Å²) in [7, 11) is -10.5. The molecule has 0 amide bonds. The molecule has 25 heteroatoms. The molecule has 7 rings (SSSR count). The quantitative estimate of drug-likeness (QED) is 0.118. The number of aromatic amines is 1. The van der Waals surface area contributed by atoms with E-state index in [4.69, 9.17) is 39.0 Å². The molecule has 0 aliphatic carbocycles. The normalized spacial score (nSPS) is 38.8. The number of nitrogens with two attached hydrogens (primary N) is 2. The number of nitrogens with zero attached hydrogens (tertiary/aromatic N) is 7. The summed E-state index contributed by atoms with van der Waals surface area (Å²) in [6, 6.07) is 0. The van der Waals surface area contributed by atoms with Crippen molar-refractivity contribution in [2.24, 2.45) is 0 Å². The van der Waals surface area contributed by atoms with Gasteiger partial charge in [-0.05, 0) is 6.92 Å². The summed E-state index contributed by atoms with van der Waals surface area (Å²) < 4.78 is 61.4. The van der Waals surface area contributed by atoms with Gasteiger partial charge in [-0.3, -0.25) is 32.5 Å². The summed E-state index contributed by atoms with van der Waals surface area (Å²) in [4.78, 5) is 58.4.